The van der Waals surface area contributed by atoms with Crippen LogP contribution in [0.15, 0.2) is 54.6 Å². The van der Waals surface area contributed by atoms with Crippen molar-refractivity contribution >= 4 is 17.6 Å². The van der Waals surface area contributed by atoms with Crippen LogP contribution >= 0.6 is 0 Å². The number of hydrogen-bond donors (Lipinski definition) is 2. The zero-order valence-electron chi connectivity index (χ0n) is 12.5. The van der Waals surface area contributed by atoms with Crippen LogP contribution in [0.5, 0.6) is 0 Å². The first-order valence-electron chi connectivity index (χ1n) is 7.26. The van der Waals surface area contributed by atoms with Crippen LogP contribution in [-0.2, 0) is 16.0 Å². The lowest BCUT2D eigenvalue weighted by molar-refractivity contribution is -0.136. The van der Waals surface area contributed by atoms with Crippen LogP contribution in [0.2, 0.25) is 0 Å². The summed E-state index contributed by atoms with van der Waals surface area (Å²) < 4.78 is 0. The lowest BCUT2D eigenvalue weighted by Gasteiger charge is -2.15. The molecule has 4 nitrogen and oxygen atoms in total. The fraction of sp³-hybridized carbons (Fsp3) is 0.222. The van der Waals surface area contributed by atoms with Crippen molar-refractivity contribution in [2.45, 2.75) is 25.7 Å². The Kier molecular flexibility index (Phi) is 5.31. The highest BCUT2D eigenvalue weighted by Crippen LogP contribution is 2.21. The Morgan fingerprint density at radius 1 is 1.05 bits per heavy atom. The van der Waals surface area contributed by atoms with E-state index in [1.807, 2.05) is 37.3 Å². The third kappa shape index (κ3) is 4.19. The van der Waals surface area contributed by atoms with E-state index in [9.17, 15) is 9.59 Å². The van der Waals surface area contributed by atoms with Gasteiger partial charge >= 0.3 is 5.97 Å². The van der Waals surface area contributed by atoms with E-state index in [1.165, 1.54) is 0 Å². The average molecular weight is 297 g/mol. The molecule has 0 saturated heterocycles. The summed E-state index contributed by atoms with van der Waals surface area (Å²) in [6, 6.07) is 16.6. The van der Waals surface area contributed by atoms with Gasteiger partial charge in [0.2, 0.25) is 5.91 Å². The number of carbonyl (C=O) groups excluding carboxylic acids is 1. The molecule has 0 unspecified atom stereocenters. The van der Waals surface area contributed by atoms with E-state index in [1.54, 1.807) is 24.3 Å². The first kappa shape index (κ1) is 15.8. The van der Waals surface area contributed by atoms with Gasteiger partial charge in [-0.1, -0.05) is 49.4 Å². The summed E-state index contributed by atoms with van der Waals surface area (Å²) in [7, 11) is 0. The normalized spacial score (nSPS) is 11.7. The van der Waals surface area contributed by atoms with Crippen molar-refractivity contribution in [2.75, 3.05) is 5.32 Å². The average Bonchev–Trinajstić information content (AvgIpc) is 2.50. The smallest absolute Gasteiger partial charge is 0.307 e. The van der Waals surface area contributed by atoms with Gasteiger partial charge in [-0.05, 0) is 29.7 Å². The highest BCUT2D eigenvalue weighted by atomic mass is 16.4. The second-order valence-corrected chi connectivity index (χ2v) is 5.13. The topological polar surface area (TPSA) is 66.4 Å². The first-order chi connectivity index (χ1) is 10.6. The number of aliphatic carboxylic acids is 1. The molecule has 0 aromatic heterocycles. The van der Waals surface area contributed by atoms with Gasteiger partial charge in [0, 0.05) is 5.69 Å². The highest BCUT2D eigenvalue weighted by Gasteiger charge is 2.18. The van der Waals surface area contributed by atoms with E-state index >= 15 is 0 Å². The van der Waals surface area contributed by atoms with Crippen LogP contribution < -0.4 is 5.32 Å². The minimum Gasteiger partial charge on any atom is -0.481 e. The molecule has 0 heterocycles. The van der Waals surface area contributed by atoms with Crippen molar-refractivity contribution in [2.24, 2.45) is 0 Å². The summed E-state index contributed by atoms with van der Waals surface area (Å²) in [5, 5.41) is 11.6. The molecule has 0 saturated carbocycles. The zero-order chi connectivity index (χ0) is 15.9. The van der Waals surface area contributed by atoms with Gasteiger partial charge in [0.15, 0.2) is 0 Å². The van der Waals surface area contributed by atoms with Crippen LogP contribution in [0, 0.1) is 0 Å². The van der Waals surface area contributed by atoms with Gasteiger partial charge in [0.1, 0.15) is 0 Å². The Morgan fingerprint density at radius 3 is 2.23 bits per heavy atom. The molecule has 0 aliphatic heterocycles. The predicted molar refractivity (Wildman–Crippen MR) is 85.9 cm³/mol. The van der Waals surface area contributed by atoms with Gasteiger partial charge in [-0.15, -0.1) is 0 Å². The quantitative estimate of drug-likeness (QED) is 0.858. The third-order valence-electron chi connectivity index (χ3n) is 3.50. The van der Waals surface area contributed by atoms with Crippen LogP contribution in [0.3, 0.4) is 0 Å². The number of anilines is 1. The molecule has 2 rings (SSSR count). The van der Waals surface area contributed by atoms with Crippen molar-refractivity contribution in [3.63, 3.8) is 0 Å². The van der Waals surface area contributed by atoms with Crippen molar-refractivity contribution in [3.8, 4) is 0 Å². The van der Waals surface area contributed by atoms with Crippen LogP contribution in [-0.4, -0.2) is 17.0 Å². The molecule has 22 heavy (non-hydrogen) atoms. The minimum absolute atomic E-state index is 0.0180. The van der Waals surface area contributed by atoms with Crippen LogP contribution in [0.4, 0.5) is 5.69 Å². The number of carboxylic acid groups (broad SMARTS) is 1. The molecule has 2 aromatic rings. The molecule has 0 aliphatic rings. The van der Waals surface area contributed by atoms with E-state index in [4.69, 9.17) is 5.11 Å². The zero-order valence-corrected chi connectivity index (χ0v) is 12.5. The van der Waals surface area contributed by atoms with Gasteiger partial charge in [-0.25, -0.2) is 0 Å². The molecule has 0 aliphatic carbocycles. The Labute approximate surface area is 129 Å². The number of rotatable bonds is 6. The fourth-order valence-corrected chi connectivity index (χ4v) is 2.37. The highest BCUT2D eigenvalue weighted by molar-refractivity contribution is 5.95. The van der Waals surface area contributed by atoms with Crippen molar-refractivity contribution < 1.29 is 14.7 Å². The lowest BCUT2D eigenvalue weighted by atomic mass is 9.95. The van der Waals surface area contributed by atoms with Gasteiger partial charge in [0.25, 0.3) is 0 Å². The summed E-state index contributed by atoms with van der Waals surface area (Å²) in [6.07, 6.45) is 0.697. The molecule has 1 amide bonds. The van der Waals surface area contributed by atoms with Gasteiger partial charge in [0.05, 0.1) is 12.3 Å². The Hall–Kier alpha value is -2.62. The monoisotopic (exact) mass is 297 g/mol. The summed E-state index contributed by atoms with van der Waals surface area (Å²) >= 11 is 0. The van der Waals surface area contributed by atoms with E-state index < -0.39 is 5.97 Å². The maximum absolute atomic E-state index is 12.4. The Morgan fingerprint density at radius 2 is 1.68 bits per heavy atom. The molecule has 0 spiro atoms. The molecule has 0 radical (unpaired) electrons. The molecular weight excluding hydrogens is 278 g/mol. The molecule has 1 atom stereocenters. The van der Waals surface area contributed by atoms with Crippen molar-refractivity contribution in [1.29, 1.82) is 0 Å². The van der Waals surface area contributed by atoms with Crippen molar-refractivity contribution in [3.05, 3.63) is 65.7 Å². The predicted octanol–water partition coefficient (Wildman–Crippen LogP) is 3.45. The number of benzene rings is 2. The van der Waals surface area contributed by atoms with Crippen LogP contribution in [0.25, 0.3) is 0 Å². The fourth-order valence-electron chi connectivity index (χ4n) is 2.37. The third-order valence-corrected chi connectivity index (χ3v) is 3.50. The standard InChI is InChI=1S/C18H19NO3/c1-2-16(14-6-4-3-5-7-14)18(22)19-15-10-8-13(9-11-15)12-17(20)21/h3-11,16H,2,12H2,1H3,(H,19,22)(H,20,21)/t16-/m1/s1. The Balaban J connectivity index is 2.05. The summed E-state index contributed by atoms with van der Waals surface area (Å²) in [5.41, 5.74) is 2.37. The summed E-state index contributed by atoms with van der Waals surface area (Å²) in [5.74, 6) is -1.12. The van der Waals surface area contributed by atoms with E-state index in [-0.39, 0.29) is 18.2 Å². The maximum Gasteiger partial charge on any atom is 0.307 e. The van der Waals surface area contributed by atoms with Gasteiger partial charge in [-0.2, -0.15) is 0 Å². The van der Waals surface area contributed by atoms with E-state index in [2.05, 4.69) is 5.32 Å². The Bertz CT molecular complexity index is 635. The van der Waals surface area contributed by atoms with E-state index in [0.717, 1.165) is 5.56 Å². The van der Waals surface area contributed by atoms with Gasteiger partial charge < -0.3 is 10.4 Å². The minimum atomic E-state index is -0.869. The number of nitrogens with one attached hydrogen (secondary N) is 1. The maximum atomic E-state index is 12.4. The molecule has 0 fully saturated rings. The second-order valence-electron chi connectivity index (χ2n) is 5.13. The molecule has 2 aromatic carbocycles. The SMILES string of the molecule is CC[C@@H](C(=O)Nc1ccc(CC(=O)O)cc1)c1ccccc1. The number of carboxylic acids is 1. The summed E-state index contributed by atoms with van der Waals surface area (Å²) in [4.78, 5) is 23.0. The largest absolute Gasteiger partial charge is 0.481 e. The van der Waals surface area contributed by atoms with Crippen LogP contribution in [0.1, 0.15) is 30.4 Å². The molecule has 2 N–H and O–H groups in total. The molecular formula is C18H19NO3. The summed E-state index contributed by atoms with van der Waals surface area (Å²) in [6.45, 7) is 1.98. The number of amides is 1. The molecule has 4 heteroatoms. The number of hydrogen-bond acceptors (Lipinski definition) is 2. The number of carbonyl (C=O) groups is 2. The van der Waals surface area contributed by atoms with Crippen molar-refractivity contribution in [1.82, 2.24) is 0 Å². The van der Waals surface area contributed by atoms with E-state index in [0.29, 0.717) is 17.7 Å². The lowest BCUT2D eigenvalue weighted by Crippen LogP contribution is -2.20. The first-order valence-corrected chi connectivity index (χ1v) is 7.26. The second kappa shape index (κ2) is 7.41. The van der Waals surface area contributed by atoms with Gasteiger partial charge in [-0.3, -0.25) is 9.59 Å². The molecule has 114 valence electrons. The molecule has 0 bridgehead atoms.